The standard InChI is InChI=1S/C22H17Cl2F2N5OS/c1-11-15(7-13-3-5-18(25)16(23)8-13)12(2)31-21(27-11)29-22(30-31)33-10-20(32)28-14-4-6-19(26)17(24)9-14/h3-6,8-9H,7,10H2,1-2H3,(H,28,32). The van der Waals surface area contributed by atoms with Crippen molar-refractivity contribution in [1.82, 2.24) is 19.6 Å². The number of amides is 1. The number of benzene rings is 2. The molecule has 2 aromatic heterocycles. The van der Waals surface area contributed by atoms with Gasteiger partial charge in [0.2, 0.25) is 11.1 Å². The van der Waals surface area contributed by atoms with Gasteiger partial charge in [0.1, 0.15) is 11.6 Å². The number of halogens is 4. The number of hydrogen-bond donors (Lipinski definition) is 1. The number of anilines is 1. The minimum Gasteiger partial charge on any atom is -0.325 e. The van der Waals surface area contributed by atoms with Crippen LogP contribution in [0.1, 0.15) is 22.5 Å². The van der Waals surface area contributed by atoms with Crippen molar-refractivity contribution in [2.24, 2.45) is 0 Å². The van der Waals surface area contributed by atoms with Crippen molar-refractivity contribution in [2.45, 2.75) is 25.4 Å². The van der Waals surface area contributed by atoms with Gasteiger partial charge >= 0.3 is 0 Å². The Morgan fingerprint density at radius 2 is 1.76 bits per heavy atom. The van der Waals surface area contributed by atoms with Crippen LogP contribution in [0.3, 0.4) is 0 Å². The van der Waals surface area contributed by atoms with Gasteiger partial charge in [-0.3, -0.25) is 4.79 Å². The van der Waals surface area contributed by atoms with Gasteiger partial charge in [-0.15, -0.1) is 5.10 Å². The largest absolute Gasteiger partial charge is 0.325 e. The van der Waals surface area contributed by atoms with Crippen LogP contribution in [0.4, 0.5) is 14.5 Å². The minimum absolute atomic E-state index is 0.0465. The Morgan fingerprint density at radius 3 is 2.45 bits per heavy atom. The summed E-state index contributed by atoms with van der Waals surface area (Å²) in [5, 5.41) is 7.50. The van der Waals surface area contributed by atoms with Crippen molar-refractivity contribution in [3.8, 4) is 0 Å². The highest BCUT2D eigenvalue weighted by Gasteiger charge is 2.16. The zero-order valence-corrected chi connectivity index (χ0v) is 19.8. The molecule has 0 saturated heterocycles. The molecule has 0 aliphatic carbocycles. The van der Waals surface area contributed by atoms with Crippen LogP contribution >= 0.6 is 35.0 Å². The van der Waals surface area contributed by atoms with Gasteiger partial charge in [0.15, 0.2) is 0 Å². The Labute approximate surface area is 202 Å². The molecule has 0 unspecified atom stereocenters. The third-order valence-corrected chi connectivity index (χ3v) is 6.35. The average Bonchev–Trinajstić information content (AvgIpc) is 3.18. The molecule has 2 heterocycles. The van der Waals surface area contributed by atoms with E-state index in [4.69, 9.17) is 23.2 Å². The van der Waals surface area contributed by atoms with E-state index in [-0.39, 0.29) is 21.7 Å². The molecule has 6 nitrogen and oxygen atoms in total. The zero-order chi connectivity index (χ0) is 23.7. The SMILES string of the molecule is Cc1nc2nc(SCC(=O)Nc3ccc(F)c(Cl)c3)nn2c(C)c1Cc1ccc(F)c(Cl)c1. The van der Waals surface area contributed by atoms with Crippen molar-refractivity contribution < 1.29 is 13.6 Å². The summed E-state index contributed by atoms with van der Waals surface area (Å²) in [5.74, 6) is -0.870. The second kappa shape index (κ2) is 9.62. The average molecular weight is 508 g/mol. The van der Waals surface area contributed by atoms with E-state index in [1.54, 1.807) is 16.6 Å². The Morgan fingerprint density at radius 1 is 1.06 bits per heavy atom. The summed E-state index contributed by atoms with van der Waals surface area (Å²) in [6, 6.07) is 8.56. The number of aromatic nitrogens is 4. The first-order chi connectivity index (χ1) is 15.7. The van der Waals surface area contributed by atoms with Crippen LogP contribution in [-0.4, -0.2) is 31.2 Å². The topological polar surface area (TPSA) is 72.2 Å². The second-order valence-corrected chi connectivity index (χ2v) is 9.02. The number of fused-ring (bicyclic) bond motifs is 1. The van der Waals surface area contributed by atoms with E-state index in [2.05, 4.69) is 20.4 Å². The number of nitrogens with one attached hydrogen (secondary N) is 1. The fraction of sp³-hybridized carbons (Fsp3) is 0.182. The molecular weight excluding hydrogens is 491 g/mol. The van der Waals surface area contributed by atoms with Crippen LogP contribution < -0.4 is 5.32 Å². The summed E-state index contributed by atoms with van der Waals surface area (Å²) in [4.78, 5) is 21.2. The lowest BCUT2D eigenvalue weighted by Gasteiger charge is -2.10. The van der Waals surface area contributed by atoms with Gasteiger partial charge in [-0.1, -0.05) is 41.0 Å². The van der Waals surface area contributed by atoms with Gasteiger partial charge in [-0.2, -0.15) is 4.98 Å². The van der Waals surface area contributed by atoms with Crippen LogP contribution in [0.25, 0.3) is 5.78 Å². The number of carbonyl (C=O) groups is 1. The van der Waals surface area contributed by atoms with Gasteiger partial charge in [0.25, 0.3) is 5.78 Å². The molecule has 4 aromatic rings. The maximum Gasteiger partial charge on any atom is 0.253 e. The molecule has 11 heteroatoms. The number of thioether (sulfide) groups is 1. The first kappa shape index (κ1) is 23.4. The van der Waals surface area contributed by atoms with Crippen molar-refractivity contribution >= 4 is 52.3 Å². The van der Waals surface area contributed by atoms with E-state index in [0.29, 0.717) is 23.0 Å². The van der Waals surface area contributed by atoms with E-state index in [9.17, 15) is 13.6 Å². The van der Waals surface area contributed by atoms with Gasteiger partial charge in [0, 0.05) is 23.5 Å². The van der Waals surface area contributed by atoms with Crippen LogP contribution in [0.5, 0.6) is 0 Å². The van der Waals surface area contributed by atoms with E-state index >= 15 is 0 Å². The van der Waals surface area contributed by atoms with Crippen molar-refractivity contribution in [2.75, 3.05) is 11.1 Å². The first-order valence-electron chi connectivity index (χ1n) is 9.75. The smallest absolute Gasteiger partial charge is 0.253 e. The Bertz CT molecular complexity index is 1380. The lowest BCUT2D eigenvalue weighted by molar-refractivity contribution is -0.113. The van der Waals surface area contributed by atoms with Gasteiger partial charge in [-0.05, 0) is 55.3 Å². The summed E-state index contributed by atoms with van der Waals surface area (Å²) in [6.07, 6.45) is 0.506. The molecule has 33 heavy (non-hydrogen) atoms. The molecule has 2 aromatic carbocycles. The zero-order valence-electron chi connectivity index (χ0n) is 17.5. The highest BCUT2D eigenvalue weighted by Crippen LogP contribution is 2.24. The maximum absolute atomic E-state index is 13.5. The Balaban J connectivity index is 1.49. The molecule has 0 spiro atoms. The van der Waals surface area contributed by atoms with Crippen LogP contribution in [0.2, 0.25) is 10.0 Å². The molecule has 0 aliphatic rings. The van der Waals surface area contributed by atoms with E-state index in [1.165, 1.54) is 24.3 Å². The molecule has 0 atom stereocenters. The van der Waals surface area contributed by atoms with Crippen molar-refractivity contribution in [1.29, 1.82) is 0 Å². The molecule has 0 saturated carbocycles. The van der Waals surface area contributed by atoms with Crippen LogP contribution in [-0.2, 0) is 11.2 Å². The number of nitrogens with zero attached hydrogens (tertiary/aromatic N) is 4. The highest BCUT2D eigenvalue weighted by molar-refractivity contribution is 7.99. The molecule has 0 fully saturated rings. The molecule has 0 bridgehead atoms. The molecule has 4 rings (SSSR count). The van der Waals surface area contributed by atoms with E-state index in [1.807, 2.05) is 13.8 Å². The molecule has 1 amide bonds. The number of aryl methyl sites for hydroxylation is 2. The summed E-state index contributed by atoms with van der Waals surface area (Å²) in [7, 11) is 0. The number of carbonyl (C=O) groups excluding carboxylic acids is 1. The normalized spacial score (nSPS) is 11.2. The Kier molecular flexibility index (Phi) is 6.83. The lowest BCUT2D eigenvalue weighted by atomic mass is 10.0. The van der Waals surface area contributed by atoms with Crippen molar-refractivity contribution in [3.63, 3.8) is 0 Å². The van der Waals surface area contributed by atoms with Crippen molar-refractivity contribution in [3.05, 3.63) is 80.6 Å². The lowest BCUT2D eigenvalue weighted by Crippen LogP contribution is -2.14. The van der Waals surface area contributed by atoms with E-state index < -0.39 is 11.6 Å². The highest BCUT2D eigenvalue weighted by atomic mass is 35.5. The maximum atomic E-state index is 13.5. The molecule has 0 aliphatic heterocycles. The fourth-order valence-corrected chi connectivity index (χ4v) is 4.26. The van der Waals surface area contributed by atoms with E-state index in [0.717, 1.165) is 34.3 Å². The molecule has 170 valence electrons. The number of hydrogen-bond acceptors (Lipinski definition) is 5. The van der Waals surface area contributed by atoms with Crippen LogP contribution in [0.15, 0.2) is 41.6 Å². The Hall–Kier alpha value is -2.75. The fourth-order valence-electron chi connectivity index (χ4n) is 3.26. The molecular formula is C22H17Cl2F2N5OS. The quantitative estimate of drug-likeness (QED) is 0.341. The first-order valence-corrected chi connectivity index (χ1v) is 11.5. The van der Waals surface area contributed by atoms with Gasteiger partial charge < -0.3 is 5.32 Å². The number of rotatable bonds is 6. The molecule has 0 radical (unpaired) electrons. The molecule has 1 N–H and O–H groups in total. The van der Waals surface area contributed by atoms with Gasteiger partial charge in [0.05, 0.1) is 15.8 Å². The third kappa shape index (κ3) is 5.26. The second-order valence-electron chi connectivity index (χ2n) is 7.26. The van der Waals surface area contributed by atoms with Crippen LogP contribution in [0, 0.1) is 25.5 Å². The predicted molar refractivity (Wildman–Crippen MR) is 125 cm³/mol. The predicted octanol–water partition coefficient (Wildman–Crippen LogP) is 5.65. The third-order valence-electron chi connectivity index (χ3n) is 4.93. The monoisotopic (exact) mass is 507 g/mol. The summed E-state index contributed by atoms with van der Waals surface area (Å²) >= 11 is 12.8. The minimum atomic E-state index is -0.557. The summed E-state index contributed by atoms with van der Waals surface area (Å²) < 4.78 is 28.3. The summed E-state index contributed by atoms with van der Waals surface area (Å²) in [5.41, 5.74) is 3.78. The van der Waals surface area contributed by atoms with Gasteiger partial charge in [-0.25, -0.2) is 18.3 Å². The summed E-state index contributed by atoms with van der Waals surface area (Å²) in [6.45, 7) is 3.77.